The van der Waals surface area contributed by atoms with Crippen molar-refractivity contribution in [3.63, 3.8) is 0 Å². The van der Waals surface area contributed by atoms with Crippen LogP contribution in [0.2, 0.25) is 0 Å². The third-order valence-electron chi connectivity index (χ3n) is 5.05. The number of nitrogens with zero attached hydrogens (tertiary/aromatic N) is 1. The third kappa shape index (κ3) is 3.88. The van der Waals surface area contributed by atoms with Crippen LogP contribution in [0.1, 0.15) is 32.3 Å². The van der Waals surface area contributed by atoms with Crippen molar-refractivity contribution >= 4 is 22.8 Å². The first-order valence-corrected chi connectivity index (χ1v) is 9.36. The fourth-order valence-electron chi connectivity index (χ4n) is 3.72. The number of benzene rings is 1. The molecule has 28 heavy (non-hydrogen) atoms. The highest BCUT2D eigenvalue weighted by Crippen LogP contribution is 2.26. The van der Waals surface area contributed by atoms with Crippen LogP contribution in [-0.2, 0) is 30.3 Å². The van der Waals surface area contributed by atoms with Gasteiger partial charge < -0.3 is 24.1 Å². The summed E-state index contributed by atoms with van der Waals surface area (Å²) in [5.74, 6) is -1.69. The second kappa shape index (κ2) is 7.18. The lowest BCUT2D eigenvalue weighted by molar-refractivity contribution is -0.157. The minimum absolute atomic E-state index is 0.235. The smallest absolute Gasteiger partial charge is 0.306 e. The summed E-state index contributed by atoms with van der Waals surface area (Å²) >= 11 is 0. The van der Waals surface area contributed by atoms with Crippen LogP contribution in [0.15, 0.2) is 24.4 Å². The number of hydrogen-bond acceptors (Lipinski definition) is 5. The zero-order chi connectivity index (χ0) is 19.9. The molecule has 1 amide bonds. The van der Waals surface area contributed by atoms with E-state index in [1.807, 2.05) is 13.8 Å². The van der Waals surface area contributed by atoms with E-state index in [2.05, 4.69) is 4.98 Å². The Morgan fingerprint density at radius 1 is 1.39 bits per heavy atom. The lowest BCUT2D eigenvalue weighted by atomic mass is 10.1. The number of halogens is 1. The van der Waals surface area contributed by atoms with Gasteiger partial charge in [-0.1, -0.05) is 0 Å². The highest BCUT2D eigenvalue weighted by Gasteiger charge is 2.38. The summed E-state index contributed by atoms with van der Waals surface area (Å²) < 4.78 is 30.3. The molecule has 0 aliphatic carbocycles. The number of carbonyl (C=O) groups excluding carboxylic acids is 2. The number of aromatic nitrogens is 1. The van der Waals surface area contributed by atoms with Gasteiger partial charge in [0.05, 0.1) is 6.61 Å². The first-order valence-electron chi connectivity index (χ1n) is 9.36. The summed E-state index contributed by atoms with van der Waals surface area (Å²) in [6.07, 6.45) is 1.28. The molecule has 7 nitrogen and oxygen atoms in total. The Bertz CT molecular complexity index is 909. The number of cyclic esters (lactones) is 1. The Morgan fingerprint density at radius 3 is 2.89 bits per heavy atom. The van der Waals surface area contributed by atoms with E-state index in [9.17, 15) is 14.0 Å². The van der Waals surface area contributed by atoms with Gasteiger partial charge in [0.2, 0.25) is 0 Å². The molecule has 8 heteroatoms. The maximum atomic E-state index is 13.7. The van der Waals surface area contributed by atoms with E-state index in [0.29, 0.717) is 18.4 Å². The Hall–Kier alpha value is -2.45. The van der Waals surface area contributed by atoms with Crippen molar-refractivity contribution in [2.24, 2.45) is 0 Å². The van der Waals surface area contributed by atoms with Crippen LogP contribution in [-0.4, -0.2) is 52.9 Å². The van der Waals surface area contributed by atoms with Gasteiger partial charge in [-0.2, -0.15) is 0 Å². The van der Waals surface area contributed by atoms with E-state index in [-0.39, 0.29) is 43.3 Å². The van der Waals surface area contributed by atoms with Crippen LogP contribution in [0.4, 0.5) is 4.39 Å². The van der Waals surface area contributed by atoms with Gasteiger partial charge in [-0.3, -0.25) is 9.59 Å². The largest absolute Gasteiger partial charge is 0.452 e. The van der Waals surface area contributed by atoms with Crippen molar-refractivity contribution in [2.75, 3.05) is 13.2 Å². The van der Waals surface area contributed by atoms with Crippen molar-refractivity contribution in [1.29, 1.82) is 0 Å². The van der Waals surface area contributed by atoms with Crippen molar-refractivity contribution < 1.29 is 28.2 Å². The second-order valence-corrected chi connectivity index (χ2v) is 7.69. The average Bonchev–Trinajstić information content (AvgIpc) is 3.33. The van der Waals surface area contributed by atoms with Crippen LogP contribution in [0, 0.1) is 5.82 Å². The van der Waals surface area contributed by atoms with Crippen molar-refractivity contribution in [3.05, 3.63) is 35.8 Å². The van der Waals surface area contributed by atoms with Crippen LogP contribution >= 0.6 is 0 Å². The van der Waals surface area contributed by atoms with Crippen LogP contribution in [0.5, 0.6) is 0 Å². The summed E-state index contributed by atoms with van der Waals surface area (Å²) in [6.45, 7) is 4.54. The maximum absolute atomic E-state index is 13.7. The molecule has 1 aromatic heterocycles. The van der Waals surface area contributed by atoms with E-state index >= 15 is 0 Å². The Morgan fingerprint density at radius 2 is 2.21 bits per heavy atom. The van der Waals surface area contributed by atoms with E-state index in [1.165, 1.54) is 12.1 Å². The number of fused-ring (bicyclic) bond motifs is 1. The molecule has 2 saturated heterocycles. The third-order valence-corrected chi connectivity index (χ3v) is 5.05. The fraction of sp³-hybridized carbons (Fsp3) is 0.500. The molecular weight excluding hydrogens is 367 g/mol. The Balaban J connectivity index is 1.57. The van der Waals surface area contributed by atoms with E-state index < -0.39 is 11.9 Å². The highest BCUT2D eigenvalue weighted by atomic mass is 19.1. The van der Waals surface area contributed by atoms with Crippen molar-refractivity contribution in [2.45, 2.75) is 51.2 Å². The summed E-state index contributed by atoms with van der Waals surface area (Å²) in [5.41, 5.74) is 1.57. The molecule has 3 heterocycles. The zero-order valence-corrected chi connectivity index (χ0v) is 15.9. The zero-order valence-electron chi connectivity index (χ0n) is 15.9. The van der Waals surface area contributed by atoms with Gasteiger partial charge in [0.25, 0.3) is 5.91 Å². The molecule has 1 N–H and O–H groups in total. The molecule has 2 aliphatic heterocycles. The van der Waals surface area contributed by atoms with Gasteiger partial charge in [0.15, 0.2) is 11.9 Å². The first-order chi connectivity index (χ1) is 13.3. The van der Waals surface area contributed by atoms with Gasteiger partial charge in [0, 0.05) is 43.0 Å². The quantitative estimate of drug-likeness (QED) is 0.794. The number of carbonyl (C=O) groups is 2. The fourth-order valence-corrected chi connectivity index (χ4v) is 3.72. The predicted octanol–water partition coefficient (Wildman–Crippen LogP) is 2.49. The van der Waals surface area contributed by atoms with Gasteiger partial charge in [-0.25, -0.2) is 4.39 Å². The van der Waals surface area contributed by atoms with Crippen LogP contribution < -0.4 is 0 Å². The van der Waals surface area contributed by atoms with E-state index in [1.54, 1.807) is 17.2 Å². The minimum atomic E-state index is -0.787. The van der Waals surface area contributed by atoms with Crippen LogP contribution in [0.25, 0.3) is 10.9 Å². The molecule has 1 aromatic carbocycles. The summed E-state index contributed by atoms with van der Waals surface area (Å²) in [6, 6.07) is 4.49. The monoisotopic (exact) mass is 390 g/mol. The summed E-state index contributed by atoms with van der Waals surface area (Å²) in [7, 11) is 0. The number of ether oxygens (including phenoxy) is 3. The SMILES string of the molecule is CC1(C)OC[C@H](CN(Cc2c[nH]c3ccc(F)cc23)C(=O)[C@H]2CCC(=O)O2)O1. The summed E-state index contributed by atoms with van der Waals surface area (Å²) in [5, 5.41) is 0.713. The molecule has 4 rings (SSSR count). The highest BCUT2D eigenvalue weighted by molar-refractivity contribution is 5.88. The summed E-state index contributed by atoms with van der Waals surface area (Å²) in [4.78, 5) is 29.2. The van der Waals surface area contributed by atoms with Crippen molar-refractivity contribution in [1.82, 2.24) is 9.88 Å². The molecular formula is C20H23FN2O5. The molecule has 0 bridgehead atoms. The van der Waals surface area contributed by atoms with Gasteiger partial charge in [-0.05, 0) is 37.6 Å². The second-order valence-electron chi connectivity index (χ2n) is 7.69. The average molecular weight is 390 g/mol. The molecule has 2 fully saturated rings. The molecule has 2 atom stereocenters. The Kier molecular flexibility index (Phi) is 4.84. The molecule has 2 aromatic rings. The minimum Gasteiger partial charge on any atom is -0.452 e. The number of rotatable bonds is 5. The topological polar surface area (TPSA) is 80.9 Å². The Labute approximate surface area is 161 Å². The van der Waals surface area contributed by atoms with E-state index in [4.69, 9.17) is 14.2 Å². The number of aromatic amines is 1. The van der Waals surface area contributed by atoms with Gasteiger partial charge in [-0.15, -0.1) is 0 Å². The first kappa shape index (κ1) is 18.9. The number of amides is 1. The maximum Gasteiger partial charge on any atom is 0.306 e. The van der Waals surface area contributed by atoms with Crippen LogP contribution in [0.3, 0.4) is 0 Å². The number of hydrogen-bond donors (Lipinski definition) is 1. The van der Waals surface area contributed by atoms with Crippen molar-refractivity contribution in [3.8, 4) is 0 Å². The molecule has 2 aliphatic rings. The standard InChI is InChI=1S/C20H23FN2O5/c1-20(2)26-11-14(28-20)10-23(19(25)17-5-6-18(24)27-17)9-12-8-22-16-4-3-13(21)7-15(12)16/h3-4,7-8,14,17,22H,5-6,9-11H2,1-2H3/t14-,17+/m0/s1. The lowest BCUT2D eigenvalue weighted by Crippen LogP contribution is -2.43. The number of esters is 1. The van der Waals surface area contributed by atoms with E-state index in [0.717, 1.165) is 11.1 Å². The lowest BCUT2D eigenvalue weighted by Gasteiger charge is -2.27. The molecule has 150 valence electrons. The number of H-pyrrole nitrogens is 1. The predicted molar refractivity (Wildman–Crippen MR) is 97.7 cm³/mol. The normalized spacial score (nSPS) is 23.9. The molecule has 0 spiro atoms. The molecule has 0 radical (unpaired) electrons. The number of nitrogens with one attached hydrogen (secondary N) is 1. The molecule has 0 unspecified atom stereocenters. The van der Waals surface area contributed by atoms with Gasteiger partial charge in [0.1, 0.15) is 11.9 Å². The van der Waals surface area contributed by atoms with Gasteiger partial charge >= 0.3 is 5.97 Å². The molecule has 0 saturated carbocycles.